The van der Waals surface area contributed by atoms with Gasteiger partial charge >= 0.3 is 5.97 Å². The third-order valence-electron chi connectivity index (χ3n) is 2.25. The molecule has 0 radical (unpaired) electrons. The van der Waals surface area contributed by atoms with Crippen molar-refractivity contribution in [3.63, 3.8) is 0 Å². The van der Waals surface area contributed by atoms with Gasteiger partial charge in [-0.3, -0.25) is 4.79 Å². The SMILES string of the molecule is CCOC(=O)CCC(O)c1ccc(F)cc1Br. The Morgan fingerprint density at radius 3 is 2.88 bits per heavy atom. The second-order valence-electron chi connectivity index (χ2n) is 3.53. The predicted octanol–water partition coefficient (Wildman–Crippen LogP) is 2.96. The Morgan fingerprint density at radius 1 is 1.59 bits per heavy atom. The van der Waals surface area contributed by atoms with Gasteiger partial charge in [-0.25, -0.2) is 4.39 Å². The van der Waals surface area contributed by atoms with E-state index in [4.69, 9.17) is 4.74 Å². The van der Waals surface area contributed by atoms with Crippen LogP contribution in [0.3, 0.4) is 0 Å². The van der Waals surface area contributed by atoms with Crippen LogP contribution in [-0.4, -0.2) is 17.7 Å². The quantitative estimate of drug-likeness (QED) is 0.851. The summed E-state index contributed by atoms with van der Waals surface area (Å²) < 4.78 is 18.1. The lowest BCUT2D eigenvalue weighted by Crippen LogP contribution is -2.07. The molecule has 0 saturated carbocycles. The molecular formula is C12H14BrFO3. The summed E-state index contributed by atoms with van der Waals surface area (Å²) in [6, 6.07) is 4.05. The standard InChI is InChI=1S/C12H14BrFO3/c1-2-17-12(16)6-5-11(15)9-4-3-8(14)7-10(9)13/h3-4,7,11,15H,2,5-6H2,1H3. The summed E-state index contributed by atoms with van der Waals surface area (Å²) in [6.07, 6.45) is -0.420. The average Bonchev–Trinajstić information content (AvgIpc) is 2.26. The minimum absolute atomic E-state index is 0.138. The second kappa shape index (κ2) is 6.71. The van der Waals surface area contributed by atoms with Gasteiger partial charge in [0.05, 0.1) is 12.7 Å². The van der Waals surface area contributed by atoms with Crippen LogP contribution in [-0.2, 0) is 9.53 Å². The zero-order chi connectivity index (χ0) is 12.8. The van der Waals surface area contributed by atoms with Crippen LogP contribution in [0.4, 0.5) is 4.39 Å². The summed E-state index contributed by atoms with van der Waals surface area (Å²) in [5.74, 6) is -0.719. The molecule has 0 aliphatic heterocycles. The Labute approximate surface area is 108 Å². The van der Waals surface area contributed by atoms with E-state index in [1.165, 1.54) is 18.2 Å². The van der Waals surface area contributed by atoms with Crippen molar-refractivity contribution in [2.45, 2.75) is 25.9 Å². The molecule has 1 aromatic rings. The molecule has 0 bridgehead atoms. The van der Waals surface area contributed by atoms with E-state index in [0.717, 1.165) is 0 Å². The number of hydrogen-bond acceptors (Lipinski definition) is 3. The molecule has 94 valence electrons. The Hall–Kier alpha value is -0.940. The van der Waals surface area contributed by atoms with Crippen LogP contribution in [0.1, 0.15) is 31.4 Å². The molecule has 0 aromatic heterocycles. The van der Waals surface area contributed by atoms with Crippen molar-refractivity contribution < 1.29 is 19.0 Å². The highest BCUT2D eigenvalue weighted by molar-refractivity contribution is 9.10. The van der Waals surface area contributed by atoms with Crippen LogP contribution < -0.4 is 0 Å². The highest BCUT2D eigenvalue weighted by Crippen LogP contribution is 2.27. The van der Waals surface area contributed by atoms with Crippen LogP contribution >= 0.6 is 15.9 Å². The van der Waals surface area contributed by atoms with E-state index in [0.29, 0.717) is 16.6 Å². The molecule has 5 heteroatoms. The number of carbonyl (C=O) groups excluding carboxylic acids is 1. The molecule has 0 heterocycles. The number of ether oxygens (including phenoxy) is 1. The fourth-order valence-corrected chi connectivity index (χ4v) is 2.03. The van der Waals surface area contributed by atoms with E-state index in [9.17, 15) is 14.3 Å². The smallest absolute Gasteiger partial charge is 0.305 e. The molecule has 0 aliphatic rings. The highest BCUT2D eigenvalue weighted by atomic mass is 79.9. The fourth-order valence-electron chi connectivity index (χ4n) is 1.41. The maximum atomic E-state index is 12.8. The summed E-state index contributed by atoms with van der Waals surface area (Å²) in [4.78, 5) is 11.1. The molecule has 3 nitrogen and oxygen atoms in total. The van der Waals surface area contributed by atoms with Crippen LogP contribution in [0.15, 0.2) is 22.7 Å². The van der Waals surface area contributed by atoms with E-state index in [2.05, 4.69) is 15.9 Å². The second-order valence-corrected chi connectivity index (χ2v) is 4.38. The number of aliphatic hydroxyl groups is 1. The van der Waals surface area contributed by atoms with Crippen LogP contribution in [0.25, 0.3) is 0 Å². The van der Waals surface area contributed by atoms with Crippen LogP contribution in [0.2, 0.25) is 0 Å². The third-order valence-corrected chi connectivity index (χ3v) is 2.94. The van der Waals surface area contributed by atoms with E-state index in [1.807, 2.05) is 0 Å². The van der Waals surface area contributed by atoms with Crippen molar-refractivity contribution in [2.24, 2.45) is 0 Å². The van der Waals surface area contributed by atoms with Crippen LogP contribution in [0.5, 0.6) is 0 Å². The van der Waals surface area contributed by atoms with Gasteiger partial charge in [0.2, 0.25) is 0 Å². The lowest BCUT2D eigenvalue weighted by Gasteiger charge is -2.12. The van der Waals surface area contributed by atoms with Gasteiger partial charge in [-0.05, 0) is 31.0 Å². The van der Waals surface area contributed by atoms with E-state index < -0.39 is 6.10 Å². The summed E-state index contributed by atoms with van der Waals surface area (Å²) >= 11 is 3.17. The van der Waals surface area contributed by atoms with Gasteiger partial charge in [-0.15, -0.1) is 0 Å². The Balaban J connectivity index is 2.57. The molecule has 0 fully saturated rings. The van der Waals surface area contributed by atoms with Crippen molar-refractivity contribution in [2.75, 3.05) is 6.61 Å². The molecule has 0 aliphatic carbocycles. The van der Waals surface area contributed by atoms with Gasteiger partial charge in [0.15, 0.2) is 0 Å². The highest BCUT2D eigenvalue weighted by Gasteiger charge is 2.14. The molecule has 1 aromatic carbocycles. The van der Waals surface area contributed by atoms with Crippen molar-refractivity contribution in [3.8, 4) is 0 Å². The maximum absolute atomic E-state index is 12.8. The van der Waals surface area contributed by atoms with Gasteiger partial charge in [0.25, 0.3) is 0 Å². The lowest BCUT2D eigenvalue weighted by atomic mass is 10.1. The van der Waals surface area contributed by atoms with Crippen molar-refractivity contribution in [3.05, 3.63) is 34.1 Å². The summed E-state index contributed by atoms with van der Waals surface area (Å²) in [6.45, 7) is 2.06. The van der Waals surface area contributed by atoms with Gasteiger partial charge in [0.1, 0.15) is 5.82 Å². The zero-order valence-electron chi connectivity index (χ0n) is 9.45. The maximum Gasteiger partial charge on any atom is 0.305 e. The number of benzene rings is 1. The first-order valence-electron chi connectivity index (χ1n) is 5.33. The largest absolute Gasteiger partial charge is 0.466 e. The zero-order valence-corrected chi connectivity index (χ0v) is 11.0. The summed E-state index contributed by atoms with van der Waals surface area (Å²) in [5, 5.41) is 9.85. The van der Waals surface area contributed by atoms with Gasteiger partial charge < -0.3 is 9.84 Å². The Bertz CT molecular complexity index is 395. The average molecular weight is 305 g/mol. The third kappa shape index (κ3) is 4.44. The number of esters is 1. The Kier molecular flexibility index (Phi) is 5.58. The van der Waals surface area contributed by atoms with E-state index in [-0.39, 0.29) is 24.6 Å². The molecule has 17 heavy (non-hydrogen) atoms. The van der Waals surface area contributed by atoms with Gasteiger partial charge in [0, 0.05) is 10.9 Å². The normalized spacial score (nSPS) is 12.2. The molecule has 1 rings (SSSR count). The molecule has 1 N–H and O–H groups in total. The molecule has 1 unspecified atom stereocenters. The van der Waals surface area contributed by atoms with Crippen molar-refractivity contribution in [1.29, 1.82) is 0 Å². The van der Waals surface area contributed by atoms with Crippen molar-refractivity contribution in [1.82, 2.24) is 0 Å². The molecule has 0 spiro atoms. The fraction of sp³-hybridized carbons (Fsp3) is 0.417. The van der Waals surface area contributed by atoms with Crippen molar-refractivity contribution >= 4 is 21.9 Å². The van der Waals surface area contributed by atoms with Gasteiger partial charge in [-0.2, -0.15) is 0 Å². The summed E-state index contributed by atoms with van der Waals surface area (Å²) in [7, 11) is 0. The first-order valence-corrected chi connectivity index (χ1v) is 6.12. The van der Waals surface area contributed by atoms with E-state index >= 15 is 0 Å². The number of rotatable bonds is 5. The lowest BCUT2D eigenvalue weighted by molar-refractivity contribution is -0.143. The Morgan fingerprint density at radius 2 is 2.29 bits per heavy atom. The first-order chi connectivity index (χ1) is 8.04. The molecule has 0 amide bonds. The van der Waals surface area contributed by atoms with E-state index in [1.54, 1.807) is 6.92 Å². The topological polar surface area (TPSA) is 46.5 Å². The monoisotopic (exact) mass is 304 g/mol. The number of carbonyl (C=O) groups is 1. The number of aliphatic hydroxyl groups excluding tert-OH is 1. The van der Waals surface area contributed by atoms with Crippen LogP contribution in [0, 0.1) is 5.82 Å². The molecular weight excluding hydrogens is 291 g/mol. The molecule has 1 atom stereocenters. The minimum atomic E-state index is -0.811. The predicted molar refractivity (Wildman–Crippen MR) is 64.9 cm³/mol. The summed E-state index contributed by atoms with van der Waals surface area (Å²) in [5.41, 5.74) is 0.565. The first kappa shape index (κ1) is 14.1. The number of halogens is 2. The van der Waals surface area contributed by atoms with Gasteiger partial charge in [-0.1, -0.05) is 22.0 Å². The molecule has 0 saturated heterocycles. The minimum Gasteiger partial charge on any atom is -0.466 e. The number of hydrogen-bond donors (Lipinski definition) is 1.